The molecule has 2 unspecified atom stereocenters. The largest absolute Gasteiger partial charge is 0.299 e. The summed E-state index contributed by atoms with van der Waals surface area (Å²) < 4.78 is 0. The number of unbranched alkanes of at least 4 members (excludes halogenated alkanes) is 9. The molecule has 1 heterocycles. The lowest BCUT2D eigenvalue weighted by Gasteiger charge is -2.24. The summed E-state index contributed by atoms with van der Waals surface area (Å²) in [7, 11) is 0. The zero-order chi connectivity index (χ0) is 14.6. The van der Waals surface area contributed by atoms with Gasteiger partial charge in [-0.2, -0.15) is 0 Å². The van der Waals surface area contributed by atoms with E-state index >= 15 is 0 Å². The molecule has 0 amide bonds. The van der Waals surface area contributed by atoms with Gasteiger partial charge in [-0.05, 0) is 31.8 Å². The van der Waals surface area contributed by atoms with E-state index in [1.807, 2.05) is 0 Å². The molecule has 0 spiro atoms. The van der Waals surface area contributed by atoms with Crippen molar-refractivity contribution in [3.8, 4) is 0 Å². The van der Waals surface area contributed by atoms with E-state index in [2.05, 4.69) is 18.7 Å². The van der Waals surface area contributed by atoms with E-state index in [4.69, 9.17) is 11.6 Å². The molecule has 1 nitrogen and oxygen atoms in total. The standard InChI is InChI=1S/C18H36ClN/c1-3-4-5-6-7-8-9-10-11-12-14-20-15-13-17(2)18(20)16-19/h17-18H,3-16H2,1-2H3. The highest BCUT2D eigenvalue weighted by Crippen LogP contribution is 2.25. The molecule has 20 heavy (non-hydrogen) atoms. The minimum absolute atomic E-state index is 0.648. The SMILES string of the molecule is CCCCCCCCCCCCN1CCC(C)C1CCl. The predicted octanol–water partition coefficient (Wildman–Crippen LogP) is 5.86. The molecule has 1 saturated heterocycles. The van der Waals surface area contributed by atoms with E-state index in [1.54, 1.807) is 0 Å². The Kier molecular flexibility index (Phi) is 10.9. The van der Waals surface area contributed by atoms with E-state index in [0.29, 0.717) is 6.04 Å². The molecule has 0 N–H and O–H groups in total. The molecule has 1 aliphatic rings. The van der Waals surface area contributed by atoms with Crippen molar-refractivity contribution in [1.82, 2.24) is 4.90 Å². The number of hydrogen-bond acceptors (Lipinski definition) is 1. The first-order valence-corrected chi connectivity index (χ1v) is 9.63. The van der Waals surface area contributed by atoms with Crippen molar-refractivity contribution in [3.63, 3.8) is 0 Å². The van der Waals surface area contributed by atoms with Gasteiger partial charge < -0.3 is 0 Å². The Morgan fingerprint density at radius 3 is 2.00 bits per heavy atom. The van der Waals surface area contributed by atoms with Crippen LogP contribution in [0.4, 0.5) is 0 Å². The molecule has 0 aliphatic carbocycles. The van der Waals surface area contributed by atoms with Crippen molar-refractivity contribution in [3.05, 3.63) is 0 Å². The molecule has 120 valence electrons. The maximum Gasteiger partial charge on any atom is 0.0382 e. The van der Waals surface area contributed by atoms with Gasteiger partial charge in [0.05, 0.1) is 0 Å². The Labute approximate surface area is 132 Å². The van der Waals surface area contributed by atoms with E-state index in [-0.39, 0.29) is 0 Å². The summed E-state index contributed by atoms with van der Waals surface area (Å²) in [6, 6.07) is 0.648. The molecule has 1 aliphatic heterocycles. The first-order valence-electron chi connectivity index (χ1n) is 9.09. The maximum atomic E-state index is 6.09. The first kappa shape index (κ1) is 18.3. The van der Waals surface area contributed by atoms with Gasteiger partial charge in [0, 0.05) is 11.9 Å². The van der Waals surface area contributed by atoms with Crippen LogP contribution >= 0.6 is 11.6 Å². The normalized spacial score (nSPS) is 23.6. The molecule has 1 rings (SSSR count). The Bertz CT molecular complexity index is 219. The van der Waals surface area contributed by atoms with E-state index in [0.717, 1.165) is 11.8 Å². The summed E-state index contributed by atoms with van der Waals surface area (Å²) in [5, 5.41) is 0. The molecule has 0 aromatic carbocycles. The summed E-state index contributed by atoms with van der Waals surface area (Å²) in [6.07, 6.45) is 15.6. The fourth-order valence-corrected chi connectivity index (χ4v) is 3.92. The fraction of sp³-hybridized carbons (Fsp3) is 1.00. The summed E-state index contributed by atoms with van der Waals surface area (Å²) in [5.74, 6) is 1.62. The minimum atomic E-state index is 0.648. The lowest BCUT2D eigenvalue weighted by atomic mass is 10.0. The highest BCUT2D eigenvalue weighted by molar-refractivity contribution is 6.18. The Morgan fingerprint density at radius 2 is 1.45 bits per heavy atom. The number of alkyl halides is 1. The van der Waals surface area contributed by atoms with Crippen LogP contribution in [0, 0.1) is 5.92 Å². The van der Waals surface area contributed by atoms with Crippen molar-refractivity contribution in [2.45, 2.75) is 90.5 Å². The highest BCUT2D eigenvalue weighted by atomic mass is 35.5. The van der Waals surface area contributed by atoms with Crippen LogP contribution in [0.1, 0.15) is 84.5 Å². The summed E-state index contributed by atoms with van der Waals surface area (Å²) in [4.78, 5) is 2.63. The number of hydrogen-bond donors (Lipinski definition) is 0. The molecular weight excluding hydrogens is 266 g/mol. The highest BCUT2D eigenvalue weighted by Gasteiger charge is 2.29. The lowest BCUT2D eigenvalue weighted by Crippen LogP contribution is -2.34. The second-order valence-corrected chi connectivity index (χ2v) is 7.01. The average molecular weight is 302 g/mol. The Hall–Kier alpha value is 0.250. The van der Waals surface area contributed by atoms with Gasteiger partial charge in [0.2, 0.25) is 0 Å². The fourth-order valence-electron chi connectivity index (χ4n) is 3.42. The van der Waals surface area contributed by atoms with Gasteiger partial charge in [-0.15, -0.1) is 11.6 Å². The molecule has 2 atom stereocenters. The van der Waals surface area contributed by atoms with E-state index < -0.39 is 0 Å². The third-order valence-corrected chi connectivity index (χ3v) is 5.27. The molecule has 2 heteroatoms. The number of rotatable bonds is 12. The third kappa shape index (κ3) is 7.31. The van der Waals surface area contributed by atoms with Crippen molar-refractivity contribution in [2.75, 3.05) is 19.0 Å². The average Bonchev–Trinajstić information content (AvgIpc) is 2.81. The quantitative estimate of drug-likeness (QED) is 0.322. The molecule has 1 fully saturated rings. The molecule has 0 saturated carbocycles. The Morgan fingerprint density at radius 1 is 0.900 bits per heavy atom. The molecule has 0 radical (unpaired) electrons. The Balaban J connectivity index is 1.87. The van der Waals surface area contributed by atoms with Crippen LogP contribution in [0.25, 0.3) is 0 Å². The van der Waals surface area contributed by atoms with Crippen LogP contribution in [0.3, 0.4) is 0 Å². The molecule has 0 aromatic heterocycles. The number of nitrogens with zero attached hydrogens (tertiary/aromatic N) is 1. The summed E-state index contributed by atoms with van der Waals surface area (Å²) >= 11 is 6.09. The second-order valence-electron chi connectivity index (χ2n) is 6.71. The first-order chi connectivity index (χ1) is 9.79. The van der Waals surface area contributed by atoms with Crippen molar-refractivity contribution in [1.29, 1.82) is 0 Å². The van der Waals surface area contributed by atoms with Crippen molar-refractivity contribution in [2.24, 2.45) is 5.92 Å². The van der Waals surface area contributed by atoms with Gasteiger partial charge in [0.15, 0.2) is 0 Å². The zero-order valence-electron chi connectivity index (χ0n) is 13.9. The number of likely N-dealkylation sites (tertiary alicyclic amines) is 1. The van der Waals surface area contributed by atoms with E-state index in [9.17, 15) is 0 Å². The second kappa shape index (κ2) is 11.9. The zero-order valence-corrected chi connectivity index (χ0v) is 14.6. The summed E-state index contributed by atoms with van der Waals surface area (Å²) in [6.45, 7) is 7.19. The van der Waals surface area contributed by atoms with Gasteiger partial charge in [-0.25, -0.2) is 0 Å². The van der Waals surface area contributed by atoms with E-state index in [1.165, 1.54) is 83.7 Å². The van der Waals surface area contributed by atoms with Gasteiger partial charge in [-0.3, -0.25) is 4.90 Å². The van der Waals surface area contributed by atoms with Crippen LogP contribution < -0.4 is 0 Å². The van der Waals surface area contributed by atoms with Gasteiger partial charge in [-0.1, -0.05) is 71.6 Å². The van der Waals surface area contributed by atoms with Crippen LogP contribution in [-0.2, 0) is 0 Å². The van der Waals surface area contributed by atoms with Crippen LogP contribution in [0.15, 0.2) is 0 Å². The van der Waals surface area contributed by atoms with Gasteiger partial charge >= 0.3 is 0 Å². The van der Waals surface area contributed by atoms with Crippen molar-refractivity contribution >= 4 is 11.6 Å². The lowest BCUT2D eigenvalue weighted by molar-refractivity contribution is 0.244. The molecule has 0 bridgehead atoms. The number of halogens is 1. The minimum Gasteiger partial charge on any atom is -0.299 e. The molecular formula is C18H36ClN. The third-order valence-electron chi connectivity index (χ3n) is 4.95. The van der Waals surface area contributed by atoms with Crippen LogP contribution in [0.5, 0.6) is 0 Å². The maximum absolute atomic E-state index is 6.09. The predicted molar refractivity (Wildman–Crippen MR) is 91.7 cm³/mol. The molecule has 0 aromatic rings. The van der Waals surface area contributed by atoms with Gasteiger partial charge in [0.1, 0.15) is 0 Å². The van der Waals surface area contributed by atoms with Crippen LogP contribution in [0.2, 0.25) is 0 Å². The topological polar surface area (TPSA) is 3.24 Å². The van der Waals surface area contributed by atoms with Crippen molar-refractivity contribution < 1.29 is 0 Å². The summed E-state index contributed by atoms with van der Waals surface area (Å²) in [5.41, 5.74) is 0. The smallest absolute Gasteiger partial charge is 0.0382 e. The van der Waals surface area contributed by atoms with Gasteiger partial charge in [0.25, 0.3) is 0 Å². The van der Waals surface area contributed by atoms with Crippen LogP contribution in [-0.4, -0.2) is 29.9 Å². The monoisotopic (exact) mass is 301 g/mol.